The van der Waals surface area contributed by atoms with E-state index in [9.17, 15) is 19.8 Å². The molecule has 1 aliphatic heterocycles. The summed E-state index contributed by atoms with van der Waals surface area (Å²) >= 11 is 0. The van der Waals surface area contributed by atoms with Crippen LogP contribution in [0, 0.1) is 46.8 Å². The predicted molar refractivity (Wildman–Crippen MR) is 126 cm³/mol. The number of esters is 2. The highest BCUT2D eigenvalue weighted by molar-refractivity contribution is 5.73. The van der Waals surface area contributed by atoms with Crippen LogP contribution in [-0.4, -0.2) is 47.1 Å². The molecule has 34 heavy (non-hydrogen) atoms. The standard InChI is InChI=1S/C28H44O6/c1-16(3-8-25(31)34-19-10-12-33-26(32)15-19)20-4-5-22-21(20)6-7-23-27(22)24(30)14-17-13-18(29)9-11-28(17,23)2/h16-24,27,29-30H,3-15H2,1-2H3. The highest BCUT2D eigenvalue weighted by atomic mass is 16.6. The number of carbonyl (C=O) groups excluding carboxylic acids is 2. The van der Waals surface area contributed by atoms with Crippen LogP contribution >= 0.6 is 0 Å². The van der Waals surface area contributed by atoms with Gasteiger partial charge in [0, 0.05) is 12.8 Å². The van der Waals surface area contributed by atoms with Crippen molar-refractivity contribution in [3.05, 3.63) is 0 Å². The summed E-state index contributed by atoms with van der Waals surface area (Å²) in [4.78, 5) is 23.8. The molecule has 1 heterocycles. The molecule has 11 atom stereocenters. The third kappa shape index (κ3) is 4.54. The van der Waals surface area contributed by atoms with Crippen molar-refractivity contribution in [2.75, 3.05) is 6.61 Å². The second-order valence-corrected chi connectivity index (χ2v) is 12.6. The zero-order chi connectivity index (χ0) is 24.0. The van der Waals surface area contributed by atoms with Gasteiger partial charge in [0.2, 0.25) is 0 Å². The van der Waals surface area contributed by atoms with Crippen LogP contribution in [0.1, 0.15) is 90.9 Å². The molecule has 0 radical (unpaired) electrons. The number of carbonyl (C=O) groups is 2. The monoisotopic (exact) mass is 476 g/mol. The van der Waals surface area contributed by atoms with Crippen LogP contribution < -0.4 is 0 Å². The molecule has 192 valence electrons. The van der Waals surface area contributed by atoms with Gasteiger partial charge in [0.15, 0.2) is 0 Å². The van der Waals surface area contributed by atoms with Crippen molar-refractivity contribution in [3.63, 3.8) is 0 Å². The highest BCUT2D eigenvalue weighted by Crippen LogP contribution is 2.64. The van der Waals surface area contributed by atoms with Gasteiger partial charge in [0.05, 0.1) is 25.2 Å². The molecule has 1 saturated heterocycles. The lowest BCUT2D eigenvalue weighted by molar-refractivity contribution is -0.162. The van der Waals surface area contributed by atoms with Gasteiger partial charge in [0.25, 0.3) is 0 Å². The summed E-state index contributed by atoms with van der Waals surface area (Å²) in [6.45, 7) is 5.09. The Balaban J connectivity index is 1.17. The molecule has 5 fully saturated rings. The molecule has 0 spiro atoms. The summed E-state index contributed by atoms with van der Waals surface area (Å²) in [5.74, 6) is 3.32. The largest absolute Gasteiger partial charge is 0.465 e. The third-order valence-corrected chi connectivity index (χ3v) is 11.0. The minimum Gasteiger partial charge on any atom is -0.465 e. The van der Waals surface area contributed by atoms with Crippen molar-refractivity contribution in [2.45, 2.75) is 109 Å². The molecule has 4 saturated carbocycles. The van der Waals surface area contributed by atoms with Crippen LogP contribution in [-0.2, 0) is 19.1 Å². The average Bonchev–Trinajstić information content (AvgIpc) is 3.23. The van der Waals surface area contributed by atoms with E-state index in [0.29, 0.717) is 60.9 Å². The van der Waals surface area contributed by atoms with Gasteiger partial charge in [-0.2, -0.15) is 0 Å². The molecule has 6 heteroatoms. The van der Waals surface area contributed by atoms with E-state index in [2.05, 4.69) is 13.8 Å². The van der Waals surface area contributed by atoms with Crippen LogP contribution in [0.25, 0.3) is 0 Å². The van der Waals surface area contributed by atoms with E-state index in [-0.39, 0.29) is 42.1 Å². The van der Waals surface area contributed by atoms with Crippen molar-refractivity contribution in [1.29, 1.82) is 0 Å². The summed E-state index contributed by atoms with van der Waals surface area (Å²) in [7, 11) is 0. The fraction of sp³-hybridized carbons (Fsp3) is 0.929. The van der Waals surface area contributed by atoms with E-state index in [0.717, 1.165) is 32.1 Å². The van der Waals surface area contributed by atoms with E-state index in [1.165, 1.54) is 25.7 Å². The van der Waals surface area contributed by atoms with Gasteiger partial charge >= 0.3 is 11.9 Å². The molecule has 0 amide bonds. The predicted octanol–water partition coefficient (Wildman–Crippen LogP) is 4.25. The lowest BCUT2D eigenvalue weighted by atomic mass is 9.46. The molecule has 0 aromatic heterocycles. The number of ether oxygens (including phenoxy) is 2. The van der Waals surface area contributed by atoms with Gasteiger partial charge in [0.1, 0.15) is 6.10 Å². The van der Waals surface area contributed by atoms with E-state index >= 15 is 0 Å². The van der Waals surface area contributed by atoms with Crippen LogP contribution in [0.3, 0.4) is 0 Å². The fourth-order valence-electron chi connectivity index (χ4n) is 9.18. The number of hydrogen-bond acceptors (Lipinski definition) is 6. The normalized spacial score (nSPS) is 47.1. The Morgan fingerprint density at radius 2 is 1.91 bits per heavy atom. The number of hydrogen-bond donors (Lipinski definition) is 2. The Hall–Kier alpha value is -1.14. The molecule has 5 rings (SSSR count). The second-order valence-electron chi connectivity index (χ2n) is 12.6. The highest BCUT2D eigenvalue weighted by Gasteiger charge is 2.59. The van der Waals surface area contributed by atoms with Gasteiger partial charge in [-0.25, -0.2) is 0 Å². The Labute approximate surface area is 204 Å². The average molecular weight is 477 g/mol. The smallest absolute Gasteiger partial charge is 0.309 e. The van der Waals surface area contributed by atoms with Crippen LogP contribution in [0.15, 0.2) is 0 Å². The van der Waals surface area contributed by atoms with Gasteiger partial charge in [-0.05, 0) is 105 Å². The molecule has 0 aromatic rings. The third-order valence-electron chi connectivity index (χ3n) is 11.0. The summed E-state index contributed by atoms with van der Waals surface area (Å²) in [6.07, 6.45) is 9.88. The van der Waals surface area contributed by atoms with Gasteiger partial charge < -0.3 is 19.7 Å². The minimum atomic E-state index is -0.325. The van der Waals surface area contributed by atoms with E-state index in [4.69, 9.17) is 9.47 Å². The molecule has 11 unspecified atom stereocenters. The Kier molecular flexibility index (Phi) is 7.02. The summed E-state index contributed by atoms with van der Waals surface area (Å²) in [5, 5.41) is 21.5. The van der Waals surface area contributed by atoms with Gasteiger partial charge in [-0.15, -0.1) is 0 Å². The lowest BCUT2D eigenvalue weighted by Gasteiger charge is -2.60. The lowest BCUT2D eigenvalue weighted by Crippen LogP contribution is -2.56. The first-order chi connectivity index (χ1) is 16.3. The van der Waals surface area contributed by atoms with Crippen molar-refractivity contribution >= 4 is 11.9 Å². The van der Waals surface area contributed by atoms with E-state index in [1.54, 1.807) is 0 Å². The SMILES string of the molecule is CC(CCC(=O)OC1CCOC(=O)C1)C1CCC2C1CCC1C2C(O)CC2CC(O)CCC21C. The topological polar surface area (TPSA) is 93.1 Å². The Bertz CT molecular complexity index is 768. The minimum absolute atomic E-state index is 0.178. The number of rotatable bonds is 5. The molecule has 6 nitrogen and oxygen atoms in total. The van der Waals surface area contributed by atoms with Gasteiger partial charge in [-0.1, -0.05) is 13.8 Å². The molecular formula is C28H44O6. The molecule has 2 N–H and O–H groups in total. The Morgan fingerprint density at radius 3 is 2.71 bits per heavy atom. The van der Waals surface area contributed by atoms with Crippen molar-refractivity contribution in [1.82, 2.24) is 0 Å². The maximum atomic E-state index is 12.4. The van der Waals surface area contributed by atoms with E-state index in [1.807, 2.05) is 0 Å². The quantitative estimate of drug-likeness (QED) is 0.576. The number of cyclic esters (lactones) is 1. The zero-order valence-corrected chi connectivity index (χ0v) is 21.0. The van der Waals surface area contributed by atoms with Crippen LogP contribution in [0.2, 0.25) is 0 Å². The maximum Gasteiger partial charge on any atom is 0.309 e. The molecule has 0 bridgehead atoms. The van der Waals surface area contributed by atoms with Crippen molar-refractivity contribution in [2.24, 2.45) is 46.8 Å². The summed E-state index contributed by atoms with van der Waals surface area (Å²) in [6, 6.07) is 0. The van der Waals surface area contributed by atoms with E-state index < -0.39 is 0 Å². The first-order valence-corrected chi connectivity index (χ1v) is 14.0. The summed E-state index contributed by atoms with van der Waals surface area (Å²) in [5.41, 5.74) is 0.271. The molecule has 4 aliphatic carbocycles. The number of aliphatic hydroxyl groups excluding tert-OH is 2. The maximum absolute atomic E-state index is 12.4. The summed E-state index contributed by atoms with van der Waals surface area (Å²) < 4.78 is 10.5. The zero-order valence-electron chi connectivity index (χ0n) is 21.0. The van der Waals surface area contributed by atoms with Crippen LogP contribution in [0.4, 0.5) is 0 Å². The number of aliphatic hydroxyl groups is 2. The molecule has 0 aromatic carbocycles. The van der Waals surface area contributed by atoms with Crippen LogP contribution in [0.5, 0.6) is 0 Å². The fourth-order valence-corrected chi connectivity index (χ4v) is 9.18. The molecule has 5 aliphatic rings. The van der Waals surface area contributed by atoms with Crippen molar-refractivity contribution < 1.29 is 29.3 Å². The Morgan fingerprint density at radius 1 is 1.12 bits per heavy atom. The first kappa shape index (κ1) is 24.5. The molecular weight excluding hydrogens is 432 g/mol. The second kappa shape index (κ2) is 9.72. The van der Waals surface area contributed by atoms with Gasteiger partial charge in [-0.3, -0.25) is 9.59 Å². The van der Waals surface area contributed by atoms with Crippen molar-refractivity contribution in [3.8, 4) is 0 Å². The first-order valence-electron chi connectivity index (χ1n) is 14.0. The number of fused-ring (bicyclic) bond motifs is 5.